The molecular formula is C13H15BrN2O2. The number of hydrogen-bond acceptors (Lipinski definition) is 3. The first-order chi connectivity index (χ1) is 8.61. The van der Waals surface area contributed by atoms with Crippen molar-refractivity contribution in [3.05, 3.63) is 28.5 Å². The number of halogens is 1. The van der Waals surface area contributed by atoms with Crippen molar-refractivity contribution in [3.8, 4) is 0 Å². The van der Waals surface area contributed by atoms with Crippen LogP contribution in [0.5, 0.6) is 0 Å². The van der Waals surface area contributed by atoms with Crippen LogP contribution in [0.3, 0.4) is 0 Å². The molecule has 18 heavy (non-hydrogen) atoms. The predicted molar refractivity (Wildman–Crippen MR) is 71.0 cm³/mol. The first-order valence-corrected chi connectivity index (χ1v) is 6.87. The summed E-state index contributed by atoms with van der Waals surface area (Å²) >= 11 is 3.22. The van der Waals surface area contributed by atoms with E-state index < -0.39 is 0 Å². The highest BCUT2D eigenvalue weighted by Crippen LogP contribution is 2.23. The van der Waals surface area contributed by atoms with E-state index in [1.807, 2.05) is 0 Å². The molecule has 4 nitrogen and oxygen atoms in total. The Kier molecular flexibility index (Phi) is 4.11. The van der Waals surface area contributed by atoms with E-state index in [2.05, 4.69) is 27.8 Å². The minimum absolute atomic E-state index is 0.0682. The maximum absolute atomic E-state index is 12.2. The van der Waals surface area contributed by atoms with Gasteiger partial charge < -0.3 is 0 Å². The fourth-order valence-corrected chi connectivity index (χ4v) is 2.47. The van der Waals surface area contributed by atoms with Gasteiger partial charge in [0.2, 0.25) is 5.91 Å². The van der Waals surface area contributed by atoms with Gasteiger partial charge in [-0.05, 0) is 40.4 Å². The summed E-state index contributed by atoms with van der Waals surface area (Å²) in [5.74, 6) is 0.00910. The van der Waals surface area contributed by atoms with E-state index in [0.29, 0.717) is 29.1 Å². The van der Waals surface area contributed by atoms with Crippen molar-refractivity contribution in [1.82, 2.24) is 9.88 Å². The smallest absolute Gasteiger partial charge is 0.262 e. The molecule has 0 aromatic carbocycles. The number of imide groups is 1. The molecule has 0 bridgehead atoms. The van der Waals surface area contributed by atoms with Crippen LogP contribution in [0, 0.1) is 5.92 Å². The van der Waals surface area contributed by atoms with Gasteiger partial charge in [-0.15, -0.1) is 0 Å². The second kappa shape index (κ2) is 5.61. The fourth-order valence-electron chi connectivity index (χ4n) is 2.24. The summed E-state index contributed by atoms with van der Waals surface area (Å²) in [5, 5.41) is 0. The predicted octanol–water partition coefficient (Wildman–Crippen LogP) is 2.63. The molecule has 1 unspecified atom stereocenters. The molecule has 0 saturated carbocycles. The summed E-state index contributed by atoms with van der Waals surface area (Å²) in [4.78, 5) is 29.3. The zero-order valence-corrected chi connectivity index (χ0v) is 11.8. The molecule has 96 valence electrons. The van der Waals surface area contributed by atoms with E-state index >= 15 is 0 Å². The fraction of sp³-hybridized carbons (Fsp3) is 0.462. The Hall–Kier alpha value is -1.23. The molecule has 1 atom stereocenters. The van der Waals surface area contributed by atoms with Gasteiger partial charge in [-0.2, -0.15) is 0 Å². The number of likely N-dealkylation sites (tertiary alicyclic amines) is 1. The number of hydrogen-bond donors (Lipinski definition) is 0. The van der Waals surface area contributed by atoms with Gasteiger partial charge in [0, 0.05) is 19.2 Å². The van der Waals surface area contributed by atoms with Crippen molar-refractivity contribution >= 4 is 27.7 Å². The van der Waals surface area contributed by atoms with Crippen LogP contribution in [0.25, 0.3) is 0 Å². The second-order valence-electron chi connectivity index (χ2n) is 4.54. The Morgan fingerprint density at radius 3 is 2.94 bits per heavy atom. The molecular weight excluding hydrogens is 296 g/mol. The monoisotopic (exact) mass is 310 g/mol. The number of carbonyl (C=O) groups is 2. The average Bonchev–Trinajstić information content (AvgIpc) is 2.71. The number of pyridine rings is 1. The molecule has 1 aromatic heterocycles. The lowest BCUT2D eigenvalue weighted by Crippen LogP contribution is -2.32. The number of aromatic nitrogens is 1. The Balaban J connectivity index is 2.10. The third-order valence-electron chi connectivity index (χ3n) is 3.12. The van der Waals surface area contributed by atoms with Gasteiger partial charge in [0.15, 0.2) is 0 Å². The van der Waals surface area contributed by atoms with E-state index in [4.69, 9.17) is 0 Å². The molecule has 0 spiro atoms. The summed E-state index contributed by atoms with van der Waals surface area (Å²) in [6, 6.07) is 3.39. The highest BCUT2D eigenvalue weighted by Gasteiger charge is 2.33. The minimum atomic E-state index is -0.237. The van der Waals surface area contributed by atoms with Crippen molar-refractivity contribution in [2.24, 2.45) is 5.92 Å². The molecule has 1 saturated heterocycles. The molecule has 1 aromatic rings. The van der Waals surface area contributed by atoms with Crippen LogP contribution in [-0.4, -0.2) is 28.2 Å². The lowest BCUT2D eigenvalue weighted by atomic mass is 10.0. The third kappa shape index (κ3) is 2.77. The molecule has 5 heteroatoms. The van der Waals surface area contributed by atoms with Crippen molar-refractivity contribution in [2.45, 2.75) is 26.2 Å². The van der Waals surface area contributed by atoms with Crippen LogP contribution in [0.4, 0.5) is 0 Å². The Morgan fingerprint density at radius 1 is 1.56 bits per heavy atom. The lowest BCUT2D eigenvalue weighted by molar-refractivity contribution is -0.125. The first-order valence-electron chi connectivity index (χ1n) is 6.08. The average molecular weight is 311 g/mol. The lowest BCUT2D eigenvalue weighted by Gasteiger charge is -2.14. The topological polar surface area (TPSA) is 50.3 Å². The van der Waals surface area contributed by atoms with Gasteiger partial charge in [0.05, 0.1) is 5.56 Å². The second-order valence-corrected chi connectivity index (χ2v) is 5.35. The van der Waals surface area contributed by atoms with Crippen LogP contribution in [0.1, 0.15) is 36.5 Å². The standard InChI is InChI=1S/C13H15BrN2O2/c1-2-3-9-6-12(17)16(8-9)13(18)10-4-5-11(14)15-7-10/h4-5,7,9H,2-3,6,8H2,1H3. The molecule has 0 N–H and O–H groups in total. The Bertz CT molecular complexity index is 459. The molecule has 1 aliphatic rings. The maximum atomic E-state index is 12.2. The van der Waals surface area contributed by atoms with Crippen molar-refractivity contribution < 1.29 is 9.59 Å². The molecule has 0 aliphatic carbocycles. The van der Waals surface area contributed by atoms with Crippen molar-refractivity contribution in [1.29, 1.82) is 0 Å². The molecule has 2 amide bonds. The van der Waals surface area contributed by atoms with Gasteiger partial charge in [-0.25, -0.2) is 4.98 Å². The zero-order valence-electron chi connectivity index (χ0n) is 10.2. The summed E-state index contributed by atoms with van der Waals surface area (Å²) in [6.45, 7) is 2.63. The normalized spacial score (nSPS) is 19.3. The molecule has 0 radical (unpaired) electrons. The number of amides is 2. The summed E-state index contributed by atoms with van der Waals surface area (Å²) in [5.41, 5.74) is 0.462. The van der Waals surface area contributed by atoms with Crippen LogP contribution in [0.15, 0.2) is 22.9 Å². The third-order valence-corrected chi connectivity index (χ3v) is 3.59. The van der Waals surface area contributed by atoms with Crippen LogP contribution in [0.2, 0.25) is 0 Å². The van der Waals surface area contributed by atoms with E-state index in [0.717, 1.165) is 12.8 Å². The van der Waals surface area contributed by atoms with Gasteiger partial charge in [0.25, 0.3) is 5.91 Å². The van der Waals surface area contributed by atoms with Gasteiger partial charge in [-0.3, -0.25) is 14.5 Å². The van der Waals surface area contributed by atoms with Crippen LogP contribution < -0.4 is 0 Å². The van der Waals surface area contributed by atoms with Crippen LogP contribution in [-0.2, 0) is 4.79 Å². The number of carbonyl (C=O) groups excluding carboxylic acids is 2. The summed E-state index contributed by atoms with van der Waals surface area (Å²) in [6.07, 6.45) is 4.02. The number of rotatable bonds is 3. The van der Waals surface area contributed by atoms with E-state index in [9.17, 15) is 9.59 Å². The molecule has 2 rings (SSSR count). The Labute approximate surface area is 115 Å². The van der Waals surface area contributed by atoms with Crippen molar-refractivity contribution in [3.63, 3.8) is 0 Å². The van der Waals surface area contributed by atoms with E-state index in [1.54, 1.807) is 12.1 Å². The SMILES string of the molecule is CCCC1CC(=O)N(C(=O)c2ccc(Br)nc2)C1. The Morgan fingerprint density at radius 2 is 2.33 bits per heavy atom. The summed E-state index contributed by atoms with van der Waals surface area (Å²) in [7, 11) is 0. The molecule has 1 fully saturated rings. The molecule has 1 aliphatic heterocycles. The number of nitrogens with zero attached hydrogens (tertiary/aromatic N) is 2. The van der Waals surface area contributed by atoms with E-state index in [-0.39, 0.29) is 11.8 Å². The van der Waals surface area contributed by atoms with Gasteiger partial charge in [0.1, 0.15) is 4.60 Å². The molecule has 2 heterocycles. The van der Waals surface area contributed by atoms with Gasteiger partial charge in [-0.1, -0.05) is 13.3 Å². The van der Waals surface area contributed by atoms with E-state index in [1.165, 1.54) is 11.1 Å². The largest absolute Gasteiger partial charge is 0.278 e. The zero-order chi connectivity index (χ0) is 13.1. The van der Waals surface area contributed by atoms with Crippen LogP contribution >= 0.6 is 15.9 Å². The minimum Gasteiger partial charge on any atom is -0.278 e. The highest BCUT2D eigenvalue weighted by atomic mass is 79.9. The van der Waals surface area contributed by atoms with Crippen molar-refractivity contribution in [2.75, 3.05) is 6.54 Å². The quantitative estimate of drug-likeness (QED) is 0.637. The first kappa shape index (κ1) is 13.2. The van der Waals surface area contributed by atoms with Gasteiger partial charge >= 0.3 is 0 Å². The maximum Gasteiger partial charge on any atom is 0.262 e. The summed E-state index contributed by atoms with van der Waals surface area (Å²) < 4.78 is 0.677. The highest BCUT2D eigenvalue weighted by molar-refractivity contribution is 9.10.